The lowest BCUT2D eigenvalue weighted by Gasteiger charge is -2.21. The molecule has 1 fully saturated rings. The first-order chi connectivity index (χ1) is 11.2. The smallest absolute Gasteiger partial charge is 0.251 e. The van der Waals surface area contributed by atoms with Crippen molar-refractivity contribution in [2.45, 2.75) is 25.8 Å². The number of carbonyl (C=O) groups is 1. The predicted octanol–water partition coefficient (Wildman–Crippen LogP) is 1.45. The Kier molecular flexibility index (Phi) is 6.01. The average Bonchev–Trinajstić information content (AvgIpc) is 2.93. The van der Waals surface area contributed by atoms with Gasteiger partial charge < -0.3 is 10.1 Å². The highest BCUT2D eigenvalue weighted by Gasteiger charge is 2.34. The van der Waals surface area contributed by atoms with E-state index in [1.54, 1.807) is 6.07 Å². The number of hydrogen-bond donors (Lipinski definition) is 1. The first kappa shape index (κ1) is 18.9. The number of rotatable bonds is 6. The molecule has 0 bridgehead atoms. The van der Waals surface area contributed by atoms with Crippen molar-refractivity contribution in [3.63, 3.8) is 0 Å². The van der Waals surface area contributed by atoms with Crippen LogP contribution in [-0.2, 0) is 14.8 Å². The summed E-state index contributed by atoms with van der Waals surface area (Å²) in [6.07, 6.45) is 0. The Morgan fingerprint density at radius 2 is 2.04 bits per heavy atom. The summed E-state index contributed by atoms with van der Waals surface area (Å²) in [6, 6.07) is 7.20. The topological polar surface area (TPSA) is 75.7 Å². The van der Waals surface area contributed by atoms with Gasteiger partial charge in [0.1, 0.15) is 0 Å². The minimum atomic E-state index is -3.33. The maximum absolute atomic E-state index is 12.5. The summed E-state index contributed by atoms with van der Waals surface area (Å²) in [6.45, 7) is 4.82. The Bertz CT molecular complexity index is 686. The molecule has 1 aliphatic heterocycles. The third kappa shape index (κ3) is 4.55. The second-order valence-corrected chi connectivity index (χ2v) is 8.95. The maximum Gasteiger partial charge on any atom is 0.251 e. The normalized spacial score (nSPS) is 21.4. The second-order valence-electron chi connectivity index (χ2n) is 6.72. The number of amides is 1. The van der Waals surface area contributed by atoms with Crippen molar-refractivity contribution in [3.8, 4) is 0 Å². The molecular weight excluding hydrogens is 328 g/mol. The lowest BCUT2D eigenvalue weighted by Crippen LogP contribution is -2.43. The average molecular weight is 354 g/mol. The Labute approximate surface area is 144 Å². The Morgan fingerprint density at radius 1 is 1.33 bits per heavy atom. The highest BCUT2D eigenvalue weighted by molar-refractivity contribution is 7.89. The first-order valence-corrected chi connectivity index (χ1v) is 9.70. The maximum atomic E-state index is 12.5. The van der Waals surface area contributed by atoms with Crippen LogP contribution in [0.5, 0.6) is 0 Å². The van der Waals surface area contributed by atoms with Crippen LogP contribution in [0, 0.1) is 5.92 Å². The van der Waals surface area contributed by atoms with Gasteiger partial charge in [0.2, 0.25) is 10.0 Å². The summed E-state index contributed by atoms with van der Waals surface area (Å²) < 4.78 is 30.7. The van der Waals surface area contributed by atoms with Gasteiger partial charge in [-0.05, 0) is 23.6 Å². The Morgan fingerprint density at radius 3 is 2.67 bits per heavy atom. The molecule has 1 heterocycles. The van der Waals surface area contributed by atoms with Crippen molar-refractivity contribution >= 4 is 15.9 Å². The minimum absolute atomic E-state index is 0.0308. The number of nitrogens with one attached hydrogen (secondary N) is 1. The lowest BCUT2D eigenvalue weighted by atomic mass is 10.00. The number of nitrogens with zero attached hydrogens (tertiary/aromatic N) is 1. The van der Waals surface area contributed by atoms with Crippen molar-refractivity contribution in [2.24, 2.45) is 5.92 Å². The molecule has 0 spiro atoms. The van der Waals surface area contributed by atoms with E-state index < -0.39 is 10.0 Å². The zero-order valence-corrected chi connectivity index (χ0v) is 15.5. The van der Waals surface area contributed by atoms with Gasteiger partial charge >= 0.3 is 0 Å². The molecule has 1 N–H and O–H groups in total. The summed E-state index contributed by atoms with van der Waals surface area (Å²) in [5, 5.41) is 2.93. The molecule has 0 aliphatic carbocycles. The van der Waals surface area contributed by atoms with Crippen LogP contribution in [0.1, 0.15) is 35.7 Å². The van der Waals surface area contributed by atoms with E-state index in [0.717, 1.165) is 5.56 Å². The van der Waals surface area contributed by atoms with Crippen LogP contribution in [0.15, 0.2) is 24.3 Å². The van der Waals surface area contributed by atoms with Crippen molar-refractivity contribution in [1.82, 2.24) is 9.62 Å². The molecular formula is C17H26N2O4S. The van der Waals surface area contributed by atoms with Gasteiger partial charge in [0.15, 0.2) is 0 Å². The Hall–Kier alpha value is -1.44. The molecule has 0 aromatic heterocycles. The van der Waals surface area contributed by atoms with Gasteiger partial charge in [0.25, 0.3) is 5.91 Å². The minimum Gasteiger partial charge on any atom is -0.379 e. The van der Waals surface area contributed by atoms with E-state index >= 15 is 0 Å². The lowest BCUT2D eigenvalue weighted by molar-refractivity contribution is 0.0926. The van der Waals surface area contributed by atoms with Gasteiger partial charge in [-0.1, -0.05) is 26.0 Å². The molecule has 2 rings (SSSR count). The SMILES string of the molecule is CC(C)c1cccc(C(=O)N[C@@H]2COC[C@H]2CS(=O)(=O)N(C)C)c1. The fourth-order valence-corrected chi connectivity index (χ4v) is 3.80. The third-order valence-corrected chi connectivity index (χ3v) is 6.27. The van der Waals surface area contributed by atoms with E-state index in [1.165, 1.54) is 18.4 Å². The van der Waals surface area contributed by atoms with Crippen LogP contribution in [0.4, 0.5) is 0 Å². The zero-order valence-electron chi connectivity index (χ0n) is 14.7. The zero-order chi connectivity index (χ0) is 17.9. The van der Waals surface area contributed by atoms with Gasteiger partial charge in [-0.25, -0.2) is 12.7 Å². The van der Waals surface area contributed by atoms with Gasteiger partial charge in [-0.3, -0.25) is 4.79 Å². The molecule has 1 aromatic carbocycles. The molecule has 0 radical (unpaired) electrons. The van der Waals surface area contributed by atoms with Crippen molar-refractivity contribution in [3.05, 3.63) is 35.4 Å². The molecule has 134 valence electrons. The van der Waals surface area contributed by atoms with Crippen LogP contribution in [0.25, 0.3) is 0 Å². The molecule has 0 saturated carbocycles. The van der Waals surface area contributed by atoms with E-state index in [2.05, 4.69) is 19.2 Å². The van der Waals surface area contributed by atoms with E-state index in [4.69, 9.17) is 4.74 Å². The quantitative estimate of drug-likeness (QED) is 0.839. The summed E-state index contributed by atoms with van der Waals surface area (Å²) >= 11 is 0. The monoisotopic (exact) mass is 354 g/mol. The van der Waals surface area contributed by atoms with Gasteiger partial charge in [-0.2, -0.15) is 0 Å². The van der Waals surface area contributed by atoms with E-state index in [9.17, 15) is 13.2 Å². The van der Waals surface area contributed by atoms with Crippen LogP contribution in [0.3, 0.4) is 0 Å². The fraction of sp³-hybridized carbons (Fsp3) is 0.588. The molecule has 24 heavy (non-hydrogen) atoms. The largest absolute Gasteiger partial charge is 0.379 e. The molecule has 7 heteroatoms. The number of benzene rings is 1. The molecule has 2 atom stereocenters. The standard InChI is InChI=1S/C17H26N2O4S/c1-12(2)13-6-5-7-14(8-13)17(20)18-16-10-23-9-15(16)11-24(21,22)19(3)4/h5-8,12,15-16H,9-11H2,1-4H3,(H,18,20)/t15-,16+/m0/s1. The molecule has 1 aromatic rings. The van der Waals surface area contributed by atoms with Crippen LogP contribution < -0.4 is 5.32 Å². The van der Waals surface area contributed by atoms with Gasteiger partial charge in [-0.15, -0.1) is 0 Å². The van der Waals surface area contributed by atoms with Crippen LogP contribution in [0.2, 0.25) is 0 Å². The van der Waals surface area contributed by atoms with Gasteiger partial charge in [0, 0.05) is 25.6 Å². The first-order valence-electron chi connectivity index (χ1n) is 8.09. The van der Waals surface area contributed by atoms with E-state index in [0.29, 0.717) is 24.7 Å². The number of ether oxygens (including phenoxy) is 1. The van der Waals surface area contributed by atoms with Crippen molar-refractivity contribution < 1.29 is 17.9 Å². The summed E-state index contributed by atoms with van der Waals surface area (Å²) in [5.41, 5.74) is 1.68. The van der Waals surface area contributed by atoms with E-state index in [-0.39, 0.29) is 23.6 Å². The molecule has 0 unspecified atom stereocenters. The van der Waals surface area contributed by atoms with Crippen molar-refractivity contribution in [2.75, 3.05) is 33.1 Å². The highest BCUT2D eigenvalue weighted by atomic mass is 32.2. The third-order valence-electron chi connectivity index (χ3n) is 4.31. The molecule has 6 nitrogen and oxygen atoms in total. The summed E-state index contributed by atoms with van der Waals surface area (Å²) in [4.78, 5) is 12.5. The summed E-state index contributed by atoms with van der Waals surface area (Å²) in [5.74, 6) is -0.128. The Balaban J connectivity index is 2.06. The summed E-state index contributed by atoms with van der Waals surface area (Å²) in [7, 11) is -0.311. The van der Waals surface area contributed by atoms with Gasteiger partial charge in [0.05, 0.1) is 25.0 Å². The molecule has 1 aliphatic rings. The second kappa shape index (κ2) is 7.63. The number of hydrogen-bond acceptors (Lipinski definition) is 4. The van der Waals surface area contributed by atoms with E-state index in [1.807, 2.05) is 18.2 Å². The highest BCUT2D eigenvalue weighted by Crippen LogP contribution is 2.19. The molecule has 1 amide bonds. The van der Waals surface area contributed by atoms with Crippen molar-refractivity contribution in [1.29, 1.82) is 0 Å². The number of carbonyl (C=O) groups excluding carboxylic acids is 1. The van der Waals surface area contributed by atoms with Crippen LogP contribution in [-0.4, -0.2) is 57.7 Å². The molecule has 1 saturated heterocycles. The number of sulfonamides is 1. The van der Waals surface area contributed by atoms with Crippen LogP contribution >= 0.6 is 0 Å². The fourth-order valence-electron chi connectivity index (χ4n) is 2.63. The predicted molar refractivity (Wildman–Crippen MR) is 93.6 cm³/mol.